The van der Waals surface area contributed by atoms with Crippen molar-refractivity contribution in [2.75, 3.05) is 23.8 Å². The Kier molecular flexibility index (Phi) is 7.22. The minimum absolute atomic E-state index is 0.0652. The number of carbonyl (C=O) groups is 1. The van der Waals surface area contributed by atoms with Crippen molar-refractivity contribution in [3.05, 3.63) is 77.1 Å². The molecule has 10 heteroatoms. The summed E-state index contributed by atoms with van der Waals surface area (Å²) in [6.07, 6.45) is 0. The zero-order chi connectivity index (χ0) is 23.3. The number of halogens is 2. The molecule has 32 heavy (non-hydrogen) atoms. The third-order valence-corrected chi connectivity index (χ3v) is 5.94. The van der Waals surface area contributed by atoms with Crippen LogP contribution in [-0.4, -0.2) is 28.0 Å². The monoisotopic (exact) mass is 478 g/mol. The van der Waals surface area contributed by atoms with Gasteiger partial charge in [0.15, 0.2) is 0 Å². The highest BCUT2D eigenvalue weighted by Crippen LogP contribution is 2.30. The summed E-state index contributed by atoms with van der Waals surface area (Å²) in [6, 6.07) is 14.0. The largest absolute Gasteiger partial charge is 0.495 e. The van der Waals surface area contributed by atoms with Crippen LogP contribution in [0, 0.1) is 5.82 Å². The summed E-state index contributed by atoms with van der Waals surface area (Å²) in [4.78, 5) is 12.3. The van der Waals surface area contributed by atoms with Gasteiger partial charge in [0, 0.05) is 16.4 Å². The van der Waals surface area contributed by atoms with Crippen molar-refractivity contribution in [3.8, 4) is 11.5 Å². The number of ether oxygens (including phenoxy) is 2. The van der Waals surface area contributed by atoms with E-state index < -0.39 is 21.7 Å². The van der Waals surface area contributed by atoms with Crippen LogP contribution in [0.25, 0.3) is 0 Å². The van der Waals surface area contributed by atoms with Crippen LogP contribution in [0.4, 0.5) is 15.8 Å². The first kappa shape index (κ1) is 23.4. The summed E-state index contributed by atoms with van der Waals surface area (Å²) in [6.45, 7) is 2.33. The topological polar surface area (TPSA) is 93.7 Å². The van der Waals surface area contributed by atoms with E-state index in [1.54, 1.807) is 24.3 Å². The van der Waals surface area contributed by atoms with Crippen LogP contribution in [0.5, 0.6) is 11.5 Å². The fraction of sp³-hybridized carbons (Fsp3) is 0.136. The zero-order valence-electron chi connectivity index (χ0n) is 17.2. The maximum Gasteiger partial charge on any atom is 0.265 e. The highest BCUT2D eigenvalue weighted by Gasteiger charge is 2.22. The van der Waals surface area contributed by atoms with Crippen molar-refractivity contribution in [2.24, 2.45) is 0 Å². The molecule has 0 heterocycles. The Balaban J connectivity index is 1.88. The molecule has 0 aliphatic carbocycles. The molecule has 0 bridgehead atoms. The van der Waals surface area contributed by atoms with E-state index in [0.29, 0.717) is 18.0 Å². The predicted octanol–water partition coefficient (Wildman–Crippen LogP) is 4.94. The Hall–Kier alpha value is -3.30. The minimum Gasteiger partial charge on any atom is -0.495 e. The first-order valence-corrected chi connectivity index (χ1v) is 11.3. The summed E-state index contributed by atoms with van der Waals surface area (Å²) in [7, 11) is -2.76. The van der Waals surface area contributed by atoms with Gasteiger partial charge in [0.1, 0.15) is 22.2 Å². The Labute approximate surface area is 190 Å². The van der Waals surface area contributed by atoms with Gasteiger partial charge < -0.3 is 14.8 Å². The molecule has 0 atom stereocenters. The van der Waals surface area contributed by atoms with Crippen molar-refractivity contribution in [1.82, 2.24) is 0 Å². The fourth-order valence-corrected chi connectivity index (χ4v) is 4.26. The van der Waals surface area contributed by atoms with Gasteiger partial charge in [0.2, 0.25) is 0 Å². The zero-order valence-corrected chi connectivity index (χ0v) is 18.8. The number of carbonyl (C=O) groups excluding carboxylic acids is 1. The Morgan fingerprint density at radius 3 is 2.38 bits per heavy atom. The summed E-state index contributed by atoms with van der Waals surface area (Å²) < 4.78 is 52.9. The van der Waals surface area contributed by atoms with Crippen molar-refractivity contribution < 1.29 is 27.1 Å². The molecule has 7 nitrogen and oxygen atoms in total. The number of rotatable bonds is 8. The lowest BCUT2D eigenvalue weighted by molar-refractivity contribution is 0.102. The molecule has 0 aliphatic heterocycles. The van der Waals surface area contributed by atoms with E-state index in [2.05, 4.69) is 10.0 Å². The van der Waals surface area contributed by atoms with E-state index in [1.807, 2.05) is 6.92 Å². The summed E-state index contributed by atoms with van der Waals surface area (Å²) in [5.41, 5.74) is 0.165. The second kappa shape index (κ2) is 9.88. The third-order valence-electron chi connectivity index (χ3n) is 4.30. The van der Waals surface area contributed by atoms with Gasteiger partial charge >= 0.3 is 0 Å². The first-order valence-electron chi connectivity index (χ1n) is 9.43. The highest BCUT2D eigenvalue weighted by atomic mass is 35.5. The van der Waals surface area contributed by atoms with E-state index in [1.165, 1.54) is 37.4 Å². The van der Waals surface area contributed by atoms with Gasteiger partial charge in [-0.05, 0) is 67.6 Å². The molecule has 3 rings (SSSR count). The highest BCUT2D eigenvalue weighted by molar-refractivity contribution is 7.92. The number of benzene rings is 3. The van der Waals surface area contributed by atoms with Gasteiger partial charge in [0.05, 0.1) is 19.3 Å². The molecule has 0 radical (unpaired) electrons. The normalized spacial score (nSPS) is 11.0. The lowest BCUT2D eigenvalue weighted by Gasteiger charge is -2.14. The van der Waals surface area contributed by atoms with E-state index in [4.69, 9.17) is 21.1 Å². The van der Waals surface area contributed by atoms with Crippen LogP contribution >= 0.6 is 11.6 Å². The van der Waals surface area contributed by atoms with Gasteiger partial charge in [0.25, 0.3) is 15.9 Å². The second-order valence-corrected chi connectivity index (χ2v) is 8.59. The average Bonchev–Trinajstić information content (AvgIpc) is 2.76. The number of nitrogens with one attached hydrogen (secondary N) is 2. The van der Waals surface area contributed by atoms with Gasteiger partial charge in [-0.15, -0.1) is 0 Å². The Bertz CT molecular complexity index is 1230. The summed E-state index contributed by atoms with van der Waals surface area (Å²) >= 11 is 5.83. The fourth-order valence-electron chi connectivity index (χ4n) is 2.83. The Morgan fingerprint density at radius 2 is 1.72 bits per heavy atom. The smallest absolute Gasteiger partial charge is 0.265 e. The van der Waals surface area contributed by atoms with Crippen LogP contribution in [-0.2, 0) is 10.0 Å². The molecule has 0 spiro atoms. The van der Waals surface area contributed by atoms with Gasteiger partial charge in [-0.1, -0.05) is 11.6 Å². The van der Waals surface area contributed by atoms with Crippen molar-refractivity contribution >= 4 is 38.9 Å². The van der Waals surface area contributed by atoms with Gasteiger partial charge in [-0.25, -0.2) is 12.8 Å². The van der Waals surface area contributed by atoms with Crippen LogP contribution in [0.2, 0.25) is 5.02 Å². The number of anilines is 2. The quantitative estimate of drug-likeness (QED) is 0.478. The van der Waals surface area contributed by atoms with E-state index >= 15 is 0 Å². The van der Waals surface area contributed by atoms with Crippen LogP contribution in [0.1, 0.15) is 17.3 Å². The molecule has 0 saturated heterocycles. The molecule has 0 aliphatic rings. The SMILES string of the molecule is CCOc1ccc(NS(=O)(=O)c2cc(NC(=O)c3cc(Cl)ccc3F)ccc2OC)cc1. The standard InChI is InChI=1S/C22H20ClFN2O5S/c1-3-31-17-8-5-15(6-9-17)26-32(28,29)21-13-16(7-11-20(21)30-2)25-22(27)18-12-14(23)4-10-19(18)24/h4-13,26H,3H2,1-2H3,(H,25,27). The maximum atomic E-state index is 14.0. The number of sulfonamides is 1. The molecule has 0 fully saturated rings. The van der Waals surface area contributed by atoms with Crippen molar-refractivity contribution in [2.45, 2.75) is 11.8 Å². The van der Waals surface area contributed by atoms with Gasteiger partial charge in [-0.3, -0.25) is 9.52 Å². The Morgan fingerprint density at radius 1 is 1.03 bits per heavy atom. The minimum atomic E-state index is -4.08. The molecule has 3 aromatic rings. The number of hydrogen-bond acceptors (Lipinski definition) is 5. The molecular weight excluding hydrogens is 459 g/mol. The molecule has 3 aromatic carbocycles. The molecule has 1 amide bonds. The first-order chi connectivity index (χ1) is 15.2. The summed E-state index contributed by atoms with van der Waals surface area (Å²) in [5, 5.41) is 2.66. The van der Waals surface area contributed by atoms with Crippen molar-refractivity contribution in [3.63, 3.8) is 0 Å². The van der Waals surface area contributed by atoms with E-state index in [9.17, 15) is 17.6 Å². The van der Waals surface area contributed by atoms with Crippen LogP contribution in [0.3, 0.4) is 0 Å². The van der Waals surface area contributed by atoms with E-state index in [-0.39, 0.29) is 26.9 Å². The lowest BCUT2D eigenvalue weighted by Crippen LogP contribution is -2.16. The molecule has 168 valence electrons. The number of hydrogen-bond donors (Lipinski definition) is 2. The predicted molar refractivity (Wildman–Crippen MR) is 121 cm³/mol. The summed E-state index contributed by atoms with van der Waals surface area (Å²) in [5.74, 6) is -0.871. The van der Waals surface area contributed by atoms with Gasteiger partial charge in [-0.2, -0.15) is 0 Å². The second-order valence-electron chi connectivity index (χ2n) is 6.51. The van der Waals surface area contributed by atoms with E-state index in [0.717, 1.165) is 6.07 Å². The third kappa shape index (κ3) is 5.49. The molecule has 0 aromatic heterocycles. The number of amides is 1. The molecule has 2 N–H and O–H groups in total. The molecular formula is C22H20ClFN2O5S. The lowest BCUT2D eigenvalue weighted by atomic mass is 10.2. The molecule has 0 unspecified atom stereocenters. The van der Waals surface area contributed by atoms with Crippen LogP contribution < -0.4 is 19.5 Å². The maximum absolute atomic E-state index is 14.0. The van der Waals surface area contributed by atoms with Crippen LogP contribution in [0.15, 0.2) is 65.6 Å². The number of methoxy groups -OCH3 is 1. The van der Waals surface area contributed by atoms with Crippen molar-refractivity contribution in [1.29, 1.82) is 0 Å². The molecule has 0 saturated carbocycles. The average molecular weight is 479 g/mol.